The summed E-state index contributed by atoms with van der Waals surface area (Å²) >= 11 is 1.29. The average molecular weight is 385 g/mol. The summed E-state index contributed by atoms with van der Waals surface area (Å²) in [7, 11) is 0. The van der Waals surface area contributed by atoms with Crippen LogP contribution in [0.1, 0.15) is 50.6 Å². The molecular formula is C19H19N3O4S. The molecule has 1 aromatic heterocycles. The van der Waals surface area contributed by atoms with Crippen molar-refractivity contribution in [2.45, 2.75) is 19.3 Å². The van der Waals surface area contributed by atoms with E-state index in [1.807, 2.05) is 6.07 Å². The molecule has 1 aliphatic carbocycles. The van der Waals surface area contributed by atoms with Crippen molar-refractivity contribution in [1.29, 1.82) is 0 Å². The van der Waals surface area contributed by atoms with E-state index in [1.165, 1.54) is 17.8 Å². The molecule has 1 amide bonds. The maximum atomic E-state index is 12.8. The number of nitrogens with zero attached hydrogens (tertiary/aromatic N) is 1. The van der Waals surface area contributed by atoms with Gasteiger partial charge in [0, 0.05) is 18.4 Å². The van der Waals surface area contributed by atoms with Crippen molar-refractivity contribution in [2.75, 3.05) is 17.7 Å². The van der Waals surface area contributed by atoms with Crippen LogP contribution in [0.2, 0.25) is 0 Å². The molecule has 0 radical (unpaired) electrons. The molecule has 27 heavy (non-hydrogen) atoms. The first kappa shape index (κ1) is 19.1. The maximum Gasteiger partial charge on any atom is 0.274 e. The highest BCUT2D eigenvalue weighted by molar-refractivity contribution is 8.04. The van der Waals surface area contributed by atoms with E-state index in [2.05, 4.69) is 15.5 Å². The van der Waals surface area contributed by atoms with Crippen molar-refractivity contribution >= 4 is 34.9 Å². The van der Waals surface area contributed by atoms with Gasteiger partial charge in [0.15, 0.2) is 0 Å². The highest BCUT2D eigenvalue weighted by Gasteiger charge is 2.33. The molecule has 0 saturated heterocycles. The van der Waals surface area contributed by atoms with E-state index in [1.54, 1.807) is 24.3 Å². The zero-order chi connectivity index (χ0) is 19.2. The normalized spacial score (nSPS) is 13.3. The lowest BCUT2D eigenvalue weighted by Crippen LogP contribution is -2.20. The van der Waals surface area contributed by atoms with Crippen LogP contribution in [-0.2, 0) is 0 Å². The second-order valence-electron chi connectivity index (χ2n) is 5.98. The van der Waals surface area contributed by atoms with Crippen molar-refractivity contribution in [3.05, 3.63) is 58.3 Å². The molecule has 2 aromatic rings. The highest BCUT2D eigenvalue weighted by Crippen LogP contribution is 2.30. The predicted octanol–water partition coefficient (Wildman–Crippen LogP) is 2.82. The van der Waals surface area contributed by atoms with Gasteiger partial charge in [0.2, 0.25) is 11.6 Å². The van der Waals surface area contributed by atoms with Crippen molar-refractivity contribution < 1.29 is 19.5 Å². The number of fused-ring (bicyclic) bond motifs is 1. The summed E-state index contributed by atoms with van der Waals surface area (Å²) in [5, 5.41) is 17.9. The van der Waals surface area contributed by atoms with Crippen molar-refractivity contribution in [3.63, 3.8) is 0 Å². The van der Waals surface area contributed by atoms with Gasteiger partial charge in [0.05, 0.1) is 10.5 Å². The highest BCUT2D eigenvalue weighted by atomic mass is 32.2. The summed E-state index contributed by atoms with van der Waals surface area (Å²) in [6, 6.07) is 8.83. The number of allylic oxidation sites excluding steroid dienone is 2. The lowest BCUT2D eigenvalue weighted by Gasteiger charge is -2.12. The number of para-hydroxylation sites is 1. The summed E-state index contributed by atoms with van der Waals surface area (Å²) in [4.78, 5) is 37.9. The number of ketones is 2. The quantitative estimate of drug-likeness (QED) is 0.603. The SMILES string of the molecule is O=C1C=C(SCCCCCO)C(=O)c2c1n[nH]c2C(=O)Nc1ccccc1. The molecular weight excluding hydrogens is 366 g/mol. The van der Waals surface area contributed by atoms with Crippen LogP contribution in [-0.4, -0.2) is 45.1 Å². The monoisotopic (exact) mass is 385 g/mol. The van der Waals surface area contributed by atoms with Gasteiger partial charge in [-0.2, -0.15) is 5.10 Å². The number of hydrogen-bond acceptors (Lipinski definition) is 6. The Hall–Kier alpha value is -2.71. The summed E-state index contributed by atoms with van der Waals surface area (Å²) in [5.41, 5.74) is 0.560. The van der Waals surface area contributed by atoms with Crippen LogP contribution in [0.25, 0.3) is 0 Å². The molecule has 3 rings (SSSR count). The number of amides is 1. The van der Waals surface area contributed by atoms with Crippen LogP contribution in [0.3, 0.4) is 0 Å². The maximum absolute atomic E-state index is 12.8. The molecule has 8 heteroatoms. The zero-order valence-electron chi connectivity index (χ0n) is 14.5. The molecule has 0 spiro atoms. The molecule has 140 valence electrons. The van der Waals surface area contributed by atoms with Gasteiger partial charge in [0.1, 0.15) is 11.4 Å². The molecule has 0 atom stereocenters. The minimum atomic E-state index is -0.523. The van der Waals surface area contributed by atoms with Gasteiger partial charge in [-0.25, -0.2) is 0 Å². The number of aliphatic hydroxyl groups is 1. The van der Waals surface area contributed by atoms with Crippen LogP contribution in [0.5, 0.6) is 0 Å². The Labute approximate surface area is 160 Å². The molecule has 3 N–H and O–H groups in total. The minimum absolute atomic E-state index is 0.0151. The van der Waals surface area contributed by atoms with Crippen LogP contribution in [0.4, 0.5) is 5.69 Å². The Morgan fingerprint density at radius 3 is 2.67 bits per heavy atom. The third-order valence-electron chi connectivity index (χ3n) is 4.03. The number of rotatable bonds is 8. The van der Waals surface area contributed by atoms with Gasteiger partial charge in [-0.1, -0.05) is 24.6 Å². The summed E-state index contributed by atoms with van der Waals surface area (Å²) in [5.74, 6) is -0.629. The van der Waals surface area contributed by atoms with E-state index >= 15 is 0 Å². The van der Waals surface area contributed by atoms with Gasteiger partial charge in [0.25, 0.3) is 5.91 Å². The Morgan fingerprint density at radius 1 is 1.15 bits per heavy atom. The van der Waals surface area contributed by atoms with Crippen LogP contribution < -0.4 is 5.32 Å². The summed E-state index contributed by atoms with van der Waals surface area (Å²) < 4.78 is 0. The van der Waals surface area contributed by atoms with Gasteiger partial charge in [-0.3, -0.25) is 19.5 Å². The van der Waals surface area contributed by atoms with Crippen LogP contribution >= 0.6 is 11.8 Å². The number of H-pyrrole nitrogens is 1. The number of hydrogen-bond donors (Lipinski definition) is 3. The zero-order valence-corrected chi connectivity index (χ0v) is 15.3. The fourth-order valence-corrected chi connectivity index (χ4v) is 3.67. The number of thioether (sulfide) groups is 1. The average Bonchev–Trinajstić information content (AvgIpc) is 3.12. The van der Waals surface area contributed by atoms with Crippen molar-refractivity contribution in [2.24, 2.45) is 0 Å². The predicted molar refractivity (Wildman–Crippen MR) is 103 cm³/mol. The standard InChI is InChI=1S/C19H19N3O4S/c23-9-5-2-6-10-27-14-11-13(24)16-15(18(14)25)17(22-21-16)19(26)20-12-7-3-1-4-8-12/h1,3-4,7-8,11,23H,2,5-6,9-10H2,(H,20,26)(H,21,22). The van der Waals surface area contributed by atoms with Gasteiger partial charge < -0.3 is 10.4 Å². The first-order chi connectivity index (χ1) is 13.1. The number of nitrogens with one attached hydrogen (secondary N) is 2. The van der Waals surface area contributed by atoms with Crippen LogP contribution in [0.15, 0.2) is 41.3 Å². The summed E-state index contributed by atoms with van der Waals surface area (Å²) in [6.07, 6.45) is 3.66. The number of anilines is 1. The van der Waals surface area contributed by atoms with E-state index in [0.29, 0.717) is 22.8 Å². The van der Waals surface area contributed by atoms with E-state index in [-0.39, 0.29) is 29.3 Å². The molecule has 1 aromatic carbocycles. The molecule has 0 fully saturated rings. The van der Waals surface area contributed by atoms with E-state index < -0.39 is 11.7 Å². The van der Waals surface area contributed by atoms with Crippen molar-refractivity contribution in [3.8, 4) is 0 Å². The molecule has 1 heterocycles. The second-order valence-corrected chi connectivity index (χ2v) is 7.11. The smallest absolute Gasteiger partial charge is 0.274 e. The largest absolute Gasteiger partial charge is 0.396 e. The molecule has 0 aliphatic heterocycles. The molecule has 0 unspecified atom stereocenters. The van der Waals surface area contributed by atoms with E-state index in [4.69, 9.17) is 5.11 Å². The number of aliphatic hydroxyl groups excluding tert-OH is 1. The number of aromatic amines is 1. The first-order valence-electron chi connectivity index (χ1n) is 8.61. The van der Waals surface area contributed by atoms with Gasteiger partial charge >= 0.3 is 0 Å². The third-order valence-corrected chi connectivity index (χ3v) is 5.14. The molecule has 7 nitrogen and oxygen atoms in total. The Balaban J connectivity index is 1.75. The number of Topliss-reactive ketones (excluding diaryl/α,β-unsaturated/α-hetero) is 1. The molecule has 1 aliphatic rings. The van der Waals surface area contributed by atoms with Crippen molar-refractivity contribution in [1.82, 2.24) is 10.2 Å². The molecule has 0 saturated carbocycles. The van der Waals surface area contributed by atoms with E-state index in [9.17, 15) is 14.4 Å². The topological polar surface area (TPSA) is 112 Å². The Morgan fingerprint density at radius 2 is 1.93 bits per heavy atom. The van der Waals surface area contributed by atoms with Gasteiger partial charge in [-0.15, -0.1) is 11.8 Å². The Kier molecular flexibility index (Phi) is 6.20. The lowest BCUT2D eigenvalue weighted by atomic mass is 9.99. The number of carbonyl (C=O) groups is 3. The third kappa shape index (κ3) is 4.35. The van der Waals surface area contributed by atoms with Gasteiger partial charge in [-0.05, 0) is 30.7 Å². The fraction of sp³-hybridized carbons (Fsp3) is 0.263. The Bertz CT molecular complexity index is 890. The second kappa shape index (κ2) is 8.79. The lowest BCUT2D eigenvalue weighted by molar-refractivity contribution is 0.0979. The van der Waals surface area contributed by atoms with E-state index in [0.717, 1.165) is 12.8 Å². The number of aromatic nitrogens is 2. The van der Waals surface area contributed by atoms with Crippen LogP contribution in [0, 0.1) is 0 Å². The number of unbranched alkanes of at least 4 members (excludes halogenated alkanes) is 2. The number of benzene rings is 1. The molecule has 0 bridgehead atoms. The first-order valence-corrected chi connectivity index (χ1v) is 9.59. The minimum Gasteiger partial charge on any atom is -0.396 e. The summed E-state index contributed by atoms with van der Waals surface area (Å²) in [6.45, 7) is 0.142. The number of carbonyl (C=O) groups excluding carboxylic acids is 3. The fourth-order valence-electron chi connectivity index (χ4n) is 2.68.